The summed E-state index contributed by atoms with van der Waals surface area (Å²) in [5, 5.41) is 3.08. The lowest BCUT2D eigenvalue weighted by atomic mass is 10.3. The molecule has 0 unspecified atom stereocenters. The third-order valence-electron chi connectivity index (χ3n) is 3.23. The highest BCUT2D eigenvalue weighted by atomic mass is 16.3. The van der Waals surface area contributed by atoms with Crippen LogP contribution in [0.5, 0.6) is 0 Å². The number of aromatic nitrogens is 2. The highest BCUT2D eigenvalue weighted by molar-refractivity contribution is 5.75. The third-order valence-corrected chi connectivity index (χ3v) is 3.23. The Morgan fingerprint density at radius 3 is 2.79 bits per heavy atom. The van der Waals surface area contributed by atoms with Crippen molar-refractivity contribution >= 4 is 11.0 Å². The van der Waals surface area contributed by atoms with E-state index in [1.54, 1.807) is 0 Å². The maximum atomic E-state index is 5.79. The van der Waals surface area contributed by atoms with Gasteiger partial charge in [0.15, 0.2) is 0 Å². The first-order valence-corrected chi connectivity index (χ1v) is 6.42. The van der Waals surface area contributed by atoms with Crippen molar-refractivity contribution in [3.05, 3.63) is 53.7 Å². The number of furan rings is 1. The smallest absolute Gasteiger partial charge is 0.124 e. The van der Waals surface area contributed by atoms with Crippen LogP contribution in [0.3, 0.4) is 0 Å². The molecule has 4 nitrogen and oxygen atoms in total. The van der Waals surface area contributed by atoms with Gasteiger partial charge in [0, 0.05) is 0 Å². The first kappa shape index (κ1) is 12.0. The molecular formula is C15H17N3O. The van der Waals surface area contributed by atoms with Crippen LogP contribution in [0.2, 0.25) is 0 Å². The summed E-state index contributed by atoms with van der Waals surface area (Å²) in [4.78, 5) is 4.56. The van der Waals surface area contributed by atoms with E-state index >= 15 is 0 Å². The van der Waals surface area contributed by atoms with Crippen molar-refractivity contribution in [2.75, 3.05) is 7.05 Å². The second-order valence-electron chi connectivity index (χ2n) is 4.63. The molecule has 1 N–H and O–H groups in total. The number of hydrogen-bond donors (Lipinski definition) is 1. The maximum Gasteiger partial charge on any atom is 0.124 e. The van der Waals surface area contributed by atoms with Crippen LogP contribution in [0.25, 0.3) is 11.0 Å². The van der Waals surface area contributed by atoms with Crippen molar-refractivity contribution < 1.29 is 4.42 Å². The minimum absolute atomic E-state index is 0.718. The van der Waals surface area contributed by atoms with Gasteiger partial charge in [-0.15, -0.1) is 0 Å². The molecule has 0 bridgehead atoms. The number of para-hydroxylation sites is 2. The Bertz CT molecular complexity index is 696. The van der Waals surface area contributed by atoms with E-state index in [2.05, 4.69) is 20.9 Å². The summed E-state index contributed by atoms with van der Waals surface area (Å²) >= 11 is 0. The summed E-state index contributed by atoms with van der Waals surface area (Å²) in [6.45, 7) is 3.50. The normalized spacial score (nSPS) is 11.3. The molecule has 19 heavy (non-hydrogen) atoms. The number of fused-ring (bicyclic) bond motifs is 1. The highest BCUT2D eigenvalue weighted by Gasteiger charge is 2.09. The molecule has 0 spiro atoms. The molecule has 0 aliphatic rings. The molecule has 2 aromatic heterocycles. The minimum Gasteiger partial charge on any atom is -0.463 e. The number of imidazole rings is 1. The van der Waals surface area contributed by atoms with Crippen molar-refractivity contribution in [1.82, 2.24) is 14.9 Å². The second kappa shape index (κ2) is 4.90. The number of aryl methyl sites for hydroxylation is 1. The van der Waals surface area contributed by atoms with E-state index in [0.29, 0.717) is 0 Å². The molecular weight excluding hydrogens is 238 g/mol. The molecule has 3 rings (SSSR count). The number of benzene rings is 1. The van der Waals surface area contributed by atoms with Crippen LogP contribution >= 0.6 is 0 Å². The standard InChI is InChI=1S/C15H17N3O/c1-11-17-14-5-3-4-6-15(14)18(11)10-13-8-7-12(19-13)9-16-2/h3-8,16H,9-10H2,1-2H3. The molecule has 98 valence electrons. The fourth-order valence-corrected chi connectivity index (χ4v) is 2.33. The van der Waals surface area contributed by atoms with Crippen LogP contribution < -0.4 is 5.32 Å². The Hall–Kier alpha value is -2.07. The number of nitrogens with one attached hydrogen (secondary N) is 1. The molecule has 0 fully saturated rings. The van der Waals surface area contributed by atoms with Crippen molar-refractivity contribution in [3.8, 4) is 0 Å². The largest absolute Gasteiger partial charge is 0.463 e. The van der Waals surface area contributed by atoms with Gasteiger partial charge in [-0.25, -0.2) is 4.98 Å². The Balaban J connectivity index is 1.93. The van der Waals surface area contributed by atoms with Gasteiger partial charge in [0.2, 0.25) is 0 Å². The molecule has 1 aromatic carbocycles. The predicted molar refractivity (Wildman–Crippen MR) is 75.0 cm³/mol. The summed E-state index contributed by atoms with van der Waals surface area (Å²) in [5.74, 6) is 2.92. The number of rotatable bonds is 4. The zero-order valence-corrected chi connectivity index (χ0v) is 11.2. The highest BCUT2D eigenvalue weighted by Crippen LogP contribution is 2.18. The fraction of sp³-hybridized carbons (Fsp3) is 0.267. The first-order valence-electron chi connectivity index (χ1n) is 6.42. The lowest BCUT2D eigenvalue weighted by molar-refractivity contribution is 0.445. The van der Waals surface area contributed by atoms with E-state index in [0.717, 1.165) is 41.5 Å². The lowest BCUT2D eigenvalue weighted by Crippen LogP contribution is -2.04. The van der Waals surface area contributed by atoms with Crippen molar-refractivity contribution in [2.45, 2.75) is 20.0 Å². The molecule has 0 radical (unpaired) electrons. The Morgan fingerprint density at radius 1 is 1.16 bits per heavy atom. The first-order chi connectivity index (χ1) is 9.28. The van der Waals surface area contributed by atoms with Crippen LogP contribution in [-0.2, 0) is 13.1 Å². The van der Waals surface area contributed by atoms with Crippen LogP contribution in [0, 0.1) is 6.92 Å². The topological polar surface area (TPSA) is 43.0 Å². The van der Waals surface area contributed by atoms with E-state index in [-0.39, 0.29) is 0 Å². The fourth-order valence-electron chi connectivity index (χ4n) is 2.33. The molecule has 0 aliphatic heterocycles. The van der Waals surface area contributed by atoms with Crippen LogP contribution in [0.4, 0.5) is 0 Å². The molecule has 2 heterocycles. The molecule has 0 saturated heterocycles. The second-order valence-corrected chi connectivity index (χ2v) is 4.63. The van der Waals surface area contributed by atoms with E-state index in [9.17, 15) is 0 Å². The molecule has 0 aliphatic carbocycles. The molecule has 0 amide bonds. The monoisotopic (exact) mass is 255 g/mol. The van der Waals surface area contributed by atoms with Gasteiger partial charge >= 0.3 is 0 Å². The molecule has 3 aromatic rings. The van der Waals surface area contributed by atoms with Gasteiger partial charge in [-0.2, -0.15) is 0 Å². The SMILES string of the molecule is CNCc1ccc(Cn2c(C)nc3ccccc32)o1. The summed E-state index contributed by atoms with van der Waals surface area (Å²) in [5.41, 5.74) is 2.17. The van der Waals surface area contributed by atoms with Crippen molar-refractivity contribution in [1.29, 1.82) is 0 Å². The molecule has 4 heteroatoms. The zero-order chi connectivity index (χ0) is 13.2. The maximum absolute atomic E-state index is 5.79. The van der Waals surface area contributed by atoms with Crippen molar-refractivity contribution in [3.63, 3.8) is 0 Å². The average molecular weight is 255 g/mol. The summed E-state index contributed by atoms with van der Waals surface area (Å²) < 4.78 is 7.97. The van der Waals surface area contributed by atoms with Gasteiger partial charge in [-0.3, -0.25) is 0 Å². The van der Waals surface area contributed by atoms with Gasteiger partial charge in [0.25, 0.3) is 0 Å². The quantitative estimate of drug-likeness (QED) is 0.779. The predicted octanol–water partition coefficient (Wildman–Crippen LogP) is 2.71. The van der Waals surface area contributed by atoms with Gasteiger partial charge < -0.3 is 14.3 Å². The van der Waals surface area contributed by atoms with Gasteiger partial charge in [-0.1, -0.05) is 12.1 Å². The van der Waals surface area contributed by atoms with Gasteiger partial charge in [0.1, 0.15) is 17.3 Å². The Labute approximate surface area is 112 Å². The van der Waals surface area contributed by atoms with Crippen LogP contribution in [-0.4, -0.2) is 16.6 Å². The van der Waals surface area contributed by atoms with E-state index in [1.165, 1.54) is 0 Å². The van der Waals surface area contributed by atoms with E-state index < -0.39 is 0 Å². The van der Waals surface area contributed by atoms with Crippen LogP contribution in [0.15, 0.2) is 40.8 Å². The Kier molecular flexibility index (Phi) is 3.09. The summed E-state index contributed by atoms with van der Waals surface area (Å²) in [6, 6.07) is 12.2. The average Bonchev–Trinajstić information content (AvgIpc) is 2.96. The summed E-state index contributed by atoms with van der Waals surface area (Å²) in [7, 11) is 1.91. The molecule has 0 atom stereocenters. The summed E-state index contributed by atoms with van der Waals surface area (Å²) in [6.07, 6.45) is 0. The number of nitrogens with zero attached hydrogens (tertiary/aromatic N) is 2. The minimum atomic E-state index is 0.718. The van der Waals surface area contributed by atoms with Crippen LogP contribution in [0.1, 0.15) is 17.3 Å². The van der Waals surface area contributed by atoms with E-state index in [1.807, 2.05) is 44.3 Å². The van der Waals surface area contributed by atoms with E-state index in [4.69, 9.17) is 4.42 Å². The third kappa shape index (κ3) is 2.27. The molecule has 0 saturated carbocycles. The van der Waals surface area contributed by atoms with Crippen molar-refractivity contribution in [2.24, 2.45) is 0 Å². The van der Waals surface area contributed by atoms with Gasteiger partial charge in [-0.05, 0) is 38.2 Å². The Morgan fingerprint density at radius 2 is 1.95 bits per heavy atom. The number of hydrogen-bond acceptors (Lipinski definition) is 3. The lowest BCUT2D eigenvalue weighted by Gasteiger charge is -2.04. The van der Waals surface area contributed by atoms with Gasteiger partial charge in [0.05, 0.1) is 24.1 Å². The zero-order valence-electron chi connectivity index (χ0n) is 11.2.